The van der Waals surface area contributed by atoms with E-state index >= 15 is 0 Å². The van der Waals surface area contributed by atoms with E-state index in [0.29, 0.717) is 64.5 Å². The SMILES string of the molecule is Cc1cc2c(c(C)c1Cl)C(=O)CC1(CCN(C(=O)COc3ccc(Cl)cc3Cl)CC1)O2. The molecule has 31 heavy (non-hydrogen) atoms. The number of benzene rings is 2. The number of carbonyl (C=O) groups is 2. The zero-order valence-corrected chi connectivity index (χ0v) is 19.5. The van der Waals surface area contributed by atoms with E-state index in [1.165, 1.54) is 0 Å². The van der Waals surface area contributed by atoms with Crippen LogP contribution < -0.4 is 9.47 Å². The summed E-state index contributed by atoms with van der Waals surface area (Å²) in [4.78, 5) is 27.3. The molecule has 2 heterocycles. The first kappa shape index (κ1) is 22.3. The molecule has 0 unspecified atom stereocenters. The first-order valence-electron chi connectivity index (χ1n) is 10.1. The summed E-state index contributed by atoms with van der Waals surface area (Å²) >= 11 is 18.3. The van der Waals surface area contributed by atoms with Crippen LogP contribution in [0.5, 0.6) is 11.5 Å². The second-order valence-electron chi connectivity index (χ2n) is 8.13. The van der Waals surface area contributed by atoms with Gasteiger partial charge in [0.05, 0.1) is 17.0 Å². The van der Waals surface area contributed by atoms with Gasteiger partial charge in [-0.2, -0.15) is 0 Å². The molecule has 0 atom stereocenters. The van der Waals surface area contributed by atoms with E-state index in [9.17, 15) is 9.59 Å². The third-order valence-corrected chi connectivity index (χ3v) is 7.12. The van der Waals surface area contributed by atoms with Gasteiger partial charge in [-0.15, -0.1) is 0 Å². The van der Waals surface area contributed by atoms with Crippen LogP contribution in [0, 0.1) is 13.8 Å². The van der Waals surface area contributed by atoms with E-state index in [1.54, 1.807) is 23.1 Å². The quantitative estimate of drug-likeness (QED) is 0.566. The number of Topliss-reactive ketones (excluding diaryl/α,β-unsaturated/α-hetero) is 1. The summed E-state index contributed by atoms with van der Waals surface area (Å²) in [6.07, 6.45) is 1.44. The fourth-order valence-electron chi connectivity index (χ4n) is 4.27. The van der Waals surface area contributed by atoms with Gasteiger partial charge in [0.15, 0.2) is 12.4 Å². The lowest BCUT2D eigenvalue weighted by Gasteiger charge is -2.44. The number of aryl methyl sites for hydroxylation is 1. The molecule has 0 radical (unpaired) electrons. The lowest BCUT2D eigenvalue weighted by Crippen LogP contribution is -2.53. The molecule has 8 heteroatoms. The maximum absolute atomic E-state index is 12.9. The minimum atomic E-state index is -0.589. The fourth-order valence-corrected chi connectivity index (χ4v) is 4.88. The highest BCUT2D eigenvalue weighted by Gasteiger charge is 2.44. The Morgan fingerprint density at radius 1 is 1.16 bits per heavy atom. The second kappa shape index (κ2) is 8.53. The van der Waals surface area contributed by atoms with E-state index in [4.69, 9.17) is 44.3 Å². The van der Waals surface area contributed by atoms with Crippen LogP contribution >= 0.6 is 34.8 Å². The van der Waals surface area contributed by atoms with Crippen molar-refractivity contribution < 1.29 is 19.1 Å². The van der Waals surface area contributed by atoms with Crippen molar-refractivity contribution in [2.45, 2.75) is 38.7 Å². The lowest BCUT2D eigenvalue weighted by molar-refractivity contribution is -0.136. The molecule has 0 aliphatic carbocycles. The van der Waals surface area contributed by atoms with Gasteiger partial charge in [-0.3, -0.25) is 9.59 Å². The van der Waals surface area contributed by atoms with Crippen LogP contribution in [0.25, 0.3) is 0 Å². The van der Waals surface area contributed by atoms with Gasteiger partial charge in [0, 0.05) is 36.0 Å². The summed E-state index contributed by atoms with van der Waals surface area (Å²) < 4.78 is 11.9. The molecule has 1 spiro atoms. The normalized spacial score (nSPS) is 17.3. The molecule has 4 rings (SSSR count). The summed E-state index contributed by atoms with van der Waals surface area (Å²) in [5.41, 5.74) is 1.64. The Morgan fingerprint density at radius 3 is 2.55 bits per heavy atom. The van der Waals surface area contributed by atoms with Crippen LogP contribution in [0.3, 0.4) is 0 Å². The molecule has 0 aromatic heterocycles. The van der Waals surface area contributed by atoms with Crippen LogP contribution in [-0.2, 0) is 4.79 Å². The molecular formula is C23H22Cl3NO4. The van der Waals surface area contributed by atoms with Gasteiger partial charge < -0.3 is 14.4 Å². The summed E-state index contributed by atoms with van der Waals surface area (Å²) in [6.45, 7) is 4.61. The number of hydrogen-bond acceptors (Lipinski definition) is 4. The molecule has 1 saturated heterocycles. The maximum Gasteiger partial charge on any atom is 0.260 e. The minimum Gasteiger partial charge on any atom is -0.486 e. The number of halogens is 3. The van der Waals surface area contributed by atoms with Gasteiger partial charge in [-0.25, -0.2) is 0 Å². The summed E-state index contributed by atoms with van der Waals surface area (Å²) in [5.74, 6) is 0.911. The van der Waals surface area contributed by atoms with Gasteiger partial charge in [-0.1, -0.05) is 34.8 Å². The van der Waals surface area contributed by atoms with Gasteiger partial charge in [0.1, 0.15) is 17.1 Å². The van der Waals surface area contributed by atoms with Gasteiger partial charge >= 0.3 is 0 Å². The third-order valence-electron chi connectivity index (χ3n) is 6.00. The number of amides is 1. The molecule has 2 aromatic rings. The highest BCUT2D eigenvalue weighted by Crippen LogP contribution is 2.43. The predicted molar refractivity (Wildman–Crippen MR) is 121 cm³/mol. The average Bonchev–Trinajstić information content (AvgIpc) is 2.71. The van der Waals surface area contributed by atoms with E-state index in [0.717, 1.165) is 11.1 Å². The van der Waals surface area contributed by atoms with Gasteiger partial charge in [-0.05, 0) is 49.2 Å². The highest BCUT2D eigenvalue weighted by molar-refractivity contribution is 6.35. The van der Waals surface area contributed by atoms with Gasteiger partial charge in [0.2, 0.25) is 0 Å². The maximum atomic E-state index is 12.9. The van der Waals surface area contributed by atoms with Gasteiger partial charge in [0.25, 0.3) is 5.91 Å². The average molecular weight is 483 g/mol. The van der Waals surface area contributed by atoms with E-state index in [2.05, 4.69) is 0 Å². The summed E-state index contributed by atoms with van der Waals surface area (Å²) in [5, 5.41) is 1.46. The number of ether oxygens (including phenoxy) is 2. The van der Waals surface area contributed by atoms with Crippen LogP contribution in [0.1, 0.15) is 40.7 Å². The molecule has 2 aliphatic rings. The molecule has 0 bridgehead atoms. The number of hydrogen-bond donors (Lipinski definition) is 0. The van der Waals surface area contributed by atoms with E-state index in [1.807, 2.05) is 19.9 Å². The Bertz CT molecular complexity index is 1060. The largest absolute Gasteiger partial charge is 0.486 e. The number of piperidine rings is 1. The van der Waals surface area contributed by atoms with Crippen molar-refractivity contribution in [2.24, 2.45) is 0 Å². The Morgan fingerprint density at radius 2 is 1.87 bits per heavy atom. The Balaban J connectivity index is 1.40. The second-order valence-corrected chi connectivity index (χ2v) is 9.36. The minimum absolute atomic E-state index is 0.0427. The Labute approximate surface area is 196 Å². The predicted octanol–water partition coefficient (Wildman–Crippen LogP) is 5.67. The number of fused-ring (bicyclic) bond motifs is 1. The molecule has 5 nitrogen and oxygen atoms in total. The van der Waals surface area contributed by atoms with Crippen LogP contribution in [0.15, 0.2) is 24.3 Å². The molecule has 164 valence electrons. The molecule has 2 aliphatic heterocycles. The Hall–Kier alpha value is -1.95. The molecule has 0 N–H and O–H groups in total. The van der Waals surface area contributed by atoms with Crippen molar-refractivity contribution in [3.05, 3.63) is 56.0 Å². The van der Waals surface area contributed by atoms with Crippen molar-refractivity contribution in [1.82, 2.24) is 4.90 Å². The van der Waals surface area contributed by atoms with Crippen molar-refractivity contribution in [2.75, 3.05) is 19.7 Å². The first-order valence-corrected chi connectivity index (χ1v) is 11.2. The number of rotatable bonds is 3. The van der Waals surface area contributed by atoms with Crippen molar-refractivity contribution >= 4 is 46.5 Å². The zero-order chi connectivity index (χ0) is 22.3. The third kappa shape index (κ3) is 4.36. The van der Waals surface area contributed by atoms with Crippen LogP contribution in [0.2, 0.25) is 15.1 Å². The highest BCUT2D eigenvalue weighted by atomic mass is 35.5. The molecule has 2 aromatic carbocycles. The van der Waals surface area contributed by atoms with E-state index < -0.39 is 5.60 Å². The molecule has 1 fully saturated rings. The van der Waals surface area contributed by atoms with Crippen LogP contribution in [-0.4, -0.2) is 41.9 Å². The van der Waals surface area contributed by atoms with Crippen molar-refractivity contribution in [3.8, 4) is 11.5 Å². The van der Waals surface area contributed by atoms with E-state index in [-0.39, 0.29) is 18.3 Å². The smallest absolute Gasteiger partial charge is 0.260 e. The van der Waals surface area contributed by atoms with Crippen molar-refractivity contribution in [3.63, 3.8) is 0 Å². The summed E-state index contributed by atoms with van der Waals surface area (Å²) in [6, 6.07) is 6.70. The number of ketones is 1. The van der Waals surface area contributed by atoms with Crippen molar-refractivity contribution in [1.29, 1.82) is 0 Å². The monoisotopic (exact) mass is 481 g/mol. The Kier molecular flexibility index (Phi) is 6.12. The van der Waals surface area contributed by atoms with Crippen LogP contribution in [0.4, 0.5) is 0 Å². The zero-order valence-electron chi connectivity index (χ0n) is 17.3. The summed E-state index contributed by atoms with van der Waals surface area (Å²) in [7, 11) is 0. The topological polar surface area (TPSA) is 55.8 Å². The number of nitrogens with zero attached hydrogens (tertiary/aromatic N) is 1. The molecule has 1 amide bonds. The first-order chi connectivity index (χ1) is 14.7. The standard InChI is InChI=1S/C23H22Cl3NO4/c1-13-9-19-21(14(2)22(13)26)17(28)11-23(31-19)5-7-27(8-6-23)20(29)12-30-18-4-3-15(24)10-16(18)25/h3-4,9-10H,5-8,11-12H2,1-2H3. The lowest BCUT2D eigenvalue weighted by atomic mass is 9.81. The fraction of sp³-hybridized carbons (Fsp3) is 0.391. The molecule has 0 saturated carbocycles. The number of carbonyl (C=O) groups excluding carboxylic acids is 2. The molecular weight excluding hydrogens is 461 g/mol. The number of likely N-dealkylation sites (tertiary alicyclic amines) is 1.